The summed E-state index contributed by atoms with van der Waals surface area (Å²) < 4.78 is 101. The Morgan fingerprint density at radius 2 is 1.27 bits per heavy atom. The number of carbonyl (C=O) groups is 3. The molecule has 3 aliphatic heterocycles. The number of rotatable bonds is 5. The molecule has 1 aromatic rings. The number of aliphatic carboxylic acids is 3. The fourth-order valence-corrected chi connectivity index (χ4v) is 5.24. The second-order valence-electron chi connectivity index (χ2n) is 9.68. The van der Waals surface area contributed by atoms with Crippen molar-refractivity contribution in [2.24, 2.45) is 0 Å². The van der Waals surface area contributed by atoms with E-state index >= 15 is 0 Å². The summed E-state index contributed by atoms with van der Waals surface area (Å²) in [5.74, 6) is -8.27. The molecule has 0 spiro atoms. The van der Waals surface area contributed by atoms with Crippen LogP contribution in [0.1, 0.15) is 22.6 Å². The molecule has 0 saturated carbocycles. The van der Waals surface area contributed by atoms with Crippen molar-refractivity contribution in [1.29, 1.82) is 0 Å². The van der Waals surface area contributed by atoms with E-state index in [9.17, 15) is 39.5 Å². The Balaban J connectivity index is 0.000000379. The minimum atomic E-state index is -5.08. The van der Waals surface area contributed by atoms with Gasteiger partial charge in [-0.3, -0.25) is 9.80 Å². The maximum Gasteiger partial charge on any atom is 0.490 e. The third-order valence-electron chi connectivity index (χ3n) is 6.30. The quantitative estimate of drug-likeness (QED) is 0.394. The van der Waals surface area contributed by atoms with Crippen LogP contribution in [0, 0.1) is 6.92 Å². The Kier molecular flexibility index (Phi) is 15.3. The fourth-order valence-electron chi connectivity index (χ4n) is 4.31. The minimum absolute atomic E-state index is 0.420. The number of carboxylic acid groups (broad SMARTS) is 3. The third kappa shape index (κ3) is 14.9. The van der Waals surface area contributed by atoms with Gasteiger partial charge in [-0.25, -0.2) is 14.4 Å². The molecule has 44 heavy (non-hydrogen) atoms. The number of morpholine rings is 1. The van der Waals surface area contributed by atoms with E-state index < -0.39 is 36.4 Å². The zero-order chi connectivity index (χ0) is 33.9. The van der Waals surface area contributed by atoms with Crippen LogP contribution in [-0.2, 0) is 25.7 Å². The van der Waals surface area contributed by atoms with Crippen molar-refractivity contribution in [3.8, 4) is 0 Å². The lowest BCUT2D eigenvalue weighted by atomic mass is 10.1. The van der Waals surface area contributed by atoms with Gasteiger partial charge in [-0.05, 0) is 45.0 Å². The van der Waals surface area contributed by atoms with Gasteiger partial charge in [0.05, 0.1) is 12.7 Å². The molecular weight excluding hydrogens is 645 g/mol. The number of hydrogen-bond acceptors (Lipinski definition) is 8. The highest BCUT2D eigenvalue weighted by molar-refractivity contribution is 7.11. The molecule has 3 aliphatic rings. The Labute approximate surface area is 249 Å². The number of fused-ring (bicyclic) bond motifs is 1. The van der Waals surface area contributed by atoms with Crippen molar-refractivity contribution in [1.82, 2.24) is 14.7 Å². The van der Waals surface area contributed by atoms with E-state index in [4.69, 9.17) is 34.4 Å². The molecule has 0 aliphatic carbocycles. The fraction of sp³-hybridized carbons (Fsp3) is 0.708. The third-order valence-corrected chi connectivity index (χ3v) is 7.28. The Morgan fingerprint density at radius 3 is 1.68 bits per heavy atom. The zero-order valence-corrected chi connectivity index (χ0v) is 24.0. The molecule has 20 heteroatoms. The molecule has 2 atom stereocenters. The predicted molar refractivity (Wildman–Crippen MR) is 136 cm³/mol. The lowest BCUT2D eigenvalue weighted by Crippen LogP contribution is -2.52. The molecule has 0 aromatic carbocycles. The SMILES string of the molecule is Cc1ccc(CN2C[C@@H]3OCCN(CCN4CCCC4)[C@@H]3C2)s1.O=C(O)C(F)(F)F.O=C(O)C(F)(F)F.O=C(O)C(F)(F)F. The predicted octanol–water partition coefficient (Wildman–Crippen LogP) is 3.94. The Hall–Kier alpha value is -2.68. The van der Waals surface area contributed by atoms with Crippen LogP contribution in [0.3, 0.4) is 0 Å². The summed E-state index contributed by atoms with van der Waals surface area (Å²) in [6.07, 6.45) is -12.0. The number of hydrogen-bond donors (Lipinski definition) is 3. The molecule has 4 rings (SSSR count). The molecule has 0 bridgehead atoms. The minimum Gasteiger partial charge on any atom is -0.475 e. The van der Waals surface area contributed by atoms with E-state index in [0.29, 0.717) is 12.1 Å². The summed E-state index contributed by atoms with van der Waals surface area (Å²) in [5, 5.41) is 21.4. The number of likely N-dealkylation sites (tertiary alicyclic amines) is 2. The molecule has 0 radical (unpaired) electrons. The highest BCUT2D eigenvalue weighted by atomic mass is 32.1. The highest BCUT2D eigenvalue weighted by Gasteiger charge is 2.41. The smallest absolute Gasteiger partial charge is 0.475 e. The van der Waals surface area contributed by atoms with Crippen molar-refractivity contribution >= 4 is 29.2 Å². The van der Waals surface area contributed by atoms with Crippen LogP contribution in [0.15, 0.2) is 12.1 Å². The first-order valence-corrected chi connectivity index (χ1v) is 13.7. The van der Waals surface area contributed by atoms with Crippen LogP contribution in [0.4, 0.5) is 39.5 Å². The number of thiophene rings is 1. The molecule has 0 amide bonds. The van der Waals surface area contributed by atoms with E-state index in [0.717, 1.165) is 26.2 Å². The summed E-state index contributed by atoms with van der Waals surface area (Å²) in [7, 11) is 0. The second kappa shape index (κ2) is 17.1. The first-order valence-electron chi connectivity index (χ1n) is 12.9. The van der Waals surface area contributed by atoms with Crippen molar-refractivity contribution in [3.05, 3.63) is 21.9 Å². The molecule has 1 aromatic heterocycles. The zero-order valence-electron chi connectivity index (χ0n) is 23.2. The summed E-state index contributed by atoms with van der Waals surface area (Å²) in [5.41, 5.74) is 0. The summed E-state index contributed by atoms with van der Waals surface area (Å²) in [6, 6.07) is 5.13. The van der Waals surface area contributed by atoms with Crippen LogP contribution in [0.5, 0.6) is 0 Å². The van der Waals surface area contributed by atoms with Crippen LogP contribution >= 0.6 is 11.3 Å². The van der Waals surface area contributed by atoms with Crippen molar-refractivity contribution < 1.29 is 74.0 Å². The lowest BCUT2D eigenvalue weighted by molar-refractivity contribution is -0.193. The molecule has 254 valence electrons. The van der Waals surface area contributed by atoms with Crippen LogP contribution in [0.25, 0.3) is 0 Å². The van der Waals surface area contributed by atoms with E-state index in [1.165, 1.54) is 55.3 Å². The van der Waals surface area contributed by atoms with E-state index in [-0.39, 0.29) is 0 Å². The van der Waals surface area contributed by atoms with Crippen molar-refractivity contribution in [2.45, 2.75) is 57.0 Å². The number of ether oxygens (including phenoxy) is 1. The van der Waals surface area contributed by atoms with Crippen LogP contribution in [-0.4, -0.2) is 131 Å². The first kappa shape index (κ1) is 39.3. The monoisotopic (exact) mass is 677 g/mol. The van der Waals surface area contributed by atoms with Gasteiger partial charge in [-0.1, -0.05) is 0 Å². The number of carboxylic acids is 3. The Bertz CT molecular complexity index is 1000. The number of nitrogens with zero attached hydrogens (tertiary/aromatic N) is 3. The van der Waals surface area contributed by atoms with E-state index in [1.54, 1.807) is 0 Å². The molecule has 3 N–H and O–H groups in total. The van der Waals surface area contributed by atoms with Crippen molar-refractivity contribution in [3.63, 3.8) is 0 Å². The van der Waals surface area contributed by atoms with E-state index in [2.05, 4.69) is 33.8 Å². The molecule has 4 heterocycles. The van der Waals surface area contributed by atoms with Gasteiger partial charge in [0, 0.05) is 55.1 Å². The van der Waals surface area contributed by atoms with Gasteiger partial charge in [-0.2, -0.15) is 39.5 Å². The van der Waals surface area contributed by atoms with Gasteiger partial charge < -0.3 is 25.0 Å². The number of alkyl halides is 9. The number of halogens is 9. The summed E-state index contributed by atoms with van der Waals surface area (Å²) in [6.45, 7) is 12.7. The maximum absolute atomic E-state index is 10.6. The molecule has 3 fully saturated rings. The molecule has 3 saturated heterocycles. The molecular formula is C24H32F9N3O7S. The Morgan fingerprint density at radius 1 is 0.795 bits per heavy atom. The largest absolute Gasteiger partial charge is 0.490 e. The lowest BCUT2D eigenvalue weighted by Gasteiger charge is -2.37. The van der Waals surface area contributed by atoms with Gasteiger partial charge in [0.25, 0.3) is 0 Å². The van der Waals surface area contributed by atoms with E-state index in [1.807, 2.05) is 11.3 Å². The standard InChI is InChI=1S/C18H29N3OS.3C2HF3O2/c1-15-4-5-16(23-15)12-20-13-17-18(14-20)22-11-10-21(17)9-8-19-6-2-3-7-19;3*3-2(4,5)1(6)7/h4-5,17-18H,2-3,6-14H2,1H3;3*(H,6,7)/t17-,18+;;;/m1.../s1. The van der Waals surface area contributed by atoms with Gasteiger partial charge >= 0.3 is 36.4 Å². The molecule has 0 unspecified atom stereocenters. The maximum atomic E-state index is 10.6. The van der Waals surface area contributed by atoms with Crippen molar-refractivity contribution in [2.75, 3.05) is 52.4 Å². The first-order chi connectivity index (χ1) is 20.1. The second-order valence-corrected chi connectivity index (χ2v) is 11.0. The average Bonchev–Trinajstić information content (AvgIpc) is 3.63. The summed E-state index contributed by atoms with van der Waals surface area (Å²) in [4.78, 5) is 37.5. The van der Waals surface area contributed by atoms with Crippen LogP contribution in [0.2, 0.25) is 0 Å². The van der Waals surface area contributed by atoms with Crippen LogP contribution < -0.4 is 0 Å². The topological polar surface area (TPSA) is 131 Å². The molecule has 10 nitrogen and oxygen atoms in total. The van der Waals surface area contributed by atoms with Gasteiger partial charge in [0.15, 0.2) is 0 Å². The van der Waals surface area contributed by atoms with Gasteiger partial charge in [0.1, 0.15) is 0 Å². The normalized spacial score (nSPS) is 21.1. The van der Waals surface area contributed by atoms with Gasteiger partial charge in [-0.15, -0.1) is 11.3 Å². The summed E-state index contributed by atoms with van der Waals surface area (Å²) >= 11 is 1.93. The number of aryl methyl sites for hydroxylation is 1. The average molecular weight is 678 g/mol. The highest BCUT2D eigenvalue weighted by Crippen LogP contribution is 2.26. The van der Waals surface area contributed by atoms with Gasteiger partial charge in [0.2, 0.25) is 0 Å².